The lowest BCUT2D eigenvalue weighted by atomic mass is 9.99. The molecule has 0 amide bonds. The number of rotatable bonds is 9. The quantitative estimate of drug-likeness (QED) is 0.568. The molecular weight excluding hydrogens is 212 g/mol. The zero-order valence-electron chi connectivity index (χ0n) is 11.7. The number of unbranched alkanes of at least 4 members (excludes halogenated alkanes) is 1. The van der Waals surface area contributed by atoms with Crippen LogP contribution in [0.15, 0.2) is 11.6 Å². The molecule has 2 nitrogen and oxygen atoms in total. The Balaban J connectivity index is 2.23. The van der Waals surface area contributed by atoms with Crippen LogP contribution in [-0.2, 0) is 9.47 Å². The molecule has 0 atom stereocenters. The number of hydrogen-bond acceptors (Lipinski definition) is 2. The average molecular weight is 240 g/mol. The first-order valence-electron chi connectivity index (χ1n) is 7.09. The second-order valence-corrected chi connectivity index (χ2v) is 5.39. The van der Waals surface area contributed by atoms with Gasteiger partial charge in [-0.2, -0.15) is 0 Å². The highest BCUT2D eigenvalue weighted by atomic mass is 16.6. The molecular formula is C15H28O2. The van der Waals surface area contributed by atoms with Crippen LogP contribution in [0.2, 0.25) is 0 Å². The van der Waals surface area contributed by atoms with Gasteiger partial charge in [-0.15, -0.1) is 0 Å². The maximum atomic E-state index is 5.69. The van der Waals surface area contributed by atoms with Crippen molar-refractivity contribution in [1.82, 2.24) is 0 Å². The molecule has 100 valence electrons. The summed E-state index contributed by atoms with van der Waals surface area (Å²) in [4.78, 5) is 0. The minimum atomic E-state index is 0.351. The first-order chi connectivity index (χ1) is 8.22. The Hall–Kier alpha value is -0.340. The lowest BCUT2D eigenvalue weighted by Gasteiger charge is -2.25. The molecule has 0 unspecified atom stereocenters. The van der Waals surface area contributed by atoms with Crippen molar-refractivity contribution in [3.8, 4) is 0 Å². The number of hydrogen-bond donors (Lipinski definition) is 0. The van der Waals surface area contributed by atoms with Gasteiger partial charge in [-0.05, 0) is 31.6 Å². The predicted octanol–water partition coefficient (Wildman–Crippen LogP) is 3.95. The largest absolute Gasteiger partial charge is 0.376 e. The highest BCUT2D eigenvalue weighted by molar-refractivity contribution is 5.02. The van der Waals surface area contributed by atoms with Crippen molar-refractivity contribution in [2.24, 2.45) is 5.92 Å². The molecule has 1 saturated heterocycles. The molecule has 0 radical (unpaired) electrons. The average Bonchev–Trinajstić information content (AvgIpc) is 2.24. The van der Waals surface area contributed by atoms with Gasteiger partial charge in [0.05, 0.1) is 19.8 Å². The zero-order valence-corrected chi connectivity index (χ0v) is 11.7. The minimum absolute atomic E-state index is 0.351. The molecule has 1 aliphatic heterocycles. The standard InChI is InChI=1S/C15H28O2/c1-4-5-6-14(8-7-13(2)3)9-10-17-15-11-16-12-15/h9,13,15H,4-8,10-12H2,1-3H3. The maximum Gasteiger partial charge on any atom is 0.104 e. The Labute approximate surface area is 106 Å². The smallest absolute Gasteiger partial charge is 0.104 e. The zero-order chi connectivity index (χ0) is 12.5. The van der Waals surface area contributed by atoms with E-state index in [0.717, 1.165) is 25.7 Å². The number of allylic oxidation sites excluding steroid dienone is 1. The highest BCUT2D eigenvalue weighted by Gasteiger charge is 2.17. The Morgan fingerprint density at radius 3 is 2.65 bits per heavy atom. The van der Waals surface area contributed by atoms with Crippen LogP contribution in [0.1, 0.15) is 52.9 Å². The first-order valence-corrected chi connectivity index (χ1v) is 7.09. The van der Waals surface area contributed by atoms with E-state index >= 15 is 0 Å². The van der Waals surface area contributed by atoms with Crippen molar-refractivity contribution in [2.45, 2.75) is 59.0 Å². The van der Waals surface area contributed by atoms with Gasteiger partial charge in [0.25, 0.3) is 0 Å². The van der Waals surface area contributed by atoms with Gasteiger partial charge in [-0.1, -0.05) is 38.8 Å². The molecule has 0 aliphatic carbocycles. The third-order valence-electron chi connectivity index (χ3n) is 3.21. The second-order valence-electron chi connectivity index (χ2n) is 5.39. The van der Waals surface area contributed by atoms with Crippen molar-refractivity contribution in [3.63, 3.8) is 0 Å². The molecule has 2 heteroatoms. The molecule has 0 N–H and O–H groups in total. The molecule has 0 saturated carbocycles. The molecule has 0 aromatic heterocycles. The van der Waals surface area contributed by atoms with E-state index in [4.69, 9.17) is 9.47 Å². The Morgan fingerprint density at radius 2 is 2.12 bits per heavy atom. The van der Waals surface area contributed by atoms with Crippen LogP contribution in [0.3, 0.4) is 0 Å². The maximum absolute atomic E-state index is 5.69. The lowest BCUT2D eigenvalue weighted by molar-refractivity contribution is -0.122. The van der Waals surface area contributed by atoms with E-state index in [1.165, 1.54) is 32.1 Å². The van der Waals surface area contributed by atoms with Crippen molar-refractivity contribution in [3.05, 3.63) is 11.6 Å². The van der Waals surface area contributed by atoms with Gasteiger partial charge >= 0.3 is 0 Å². The van der Waals surface area contributed by atoms with Crippen LogP contribution >= 0.6 is 0 Å². The molecule has 0 bridgehead atoms. The van der Waals surface area contributed by atoms with Gasteiger partial charge in [0, 0.05) is 0 Å². The summed E-state index contributed by atoms with van der Waals surface area (Å²) in [5.41, 5.74) is 1.58. The molecule has 17 heavy (non-hydrogen) atoms. The SMILES string of the molecule is CCCCC(=CCOC1COC1)CCC(C)C. The summed E-state index contributed by atoms with van der Waals surface area (Å²) in [6.45, 7) is 9.17. The topological polar surface area (TPSA) is 18.5 Å². The van der Waals surface area contributed by atoms with Gasteiger partial charge in [0.2, 0.25) is 0 Å². The summed E-state index contributed by atoms with van der Waals surface area (Å²) < 4.78 is 10.8. The van der Waals surface area contributed by atoms with Crippen molar-refractivity contribution >= 4 is 0 Å². The van der Waals surface area contributed by atoms with E-state index in [1.54, 1.807) is 5.57 Å². The highest BCUT2D eigenvalue weighted by Crippen LogP contribution is 2.17. The summed E-state index contributed by atoms with van der Waals surface area (Å²) in [5, 5.41) is 0. The van der Waals surface area contributed by atoms with Crippen LogP contribution in [0.25, 0.3) is 0 Å². The summed E-state index contributed by atoms with van der Waals surface area (Å²) in [6, 6.07) is 0. The summed E-state index contributed by atoms with van der Waals surface area (Å²) in [7, 11) is 0. The van der Waals surface area contributed by atoms with Gasteiger partial charge in [-0.3, -0.25) is 0 Å². The van der Waals surface area contributed by atoms with Crippen molar-refractivity contribution in [2.75, 3.05) is 19.8 Å². The van der Waals surface area contributed by atoms with Crippen LogP contribution in [-0.4, -0.2) is 25.9 Å². The van der Waals surface area contributed by atoms with Crippen LogP contribution in [0.5, 0.6) is 0 Å². The van der Waals surface area contributed by atoms with Crippen molar-refractivity contribution < 1.29 is 9.47 Å². The molecule has 1 heterocycles. The Bertz CT molecular complexity index is 217. The van der Waals surface area contributed by atoms with Crippen LogP contribution in [0.4, 0.5) is 0 Å². The fourth-order valence-electron chi connectivity index (χ4n) is 1.82. The van der Waals surface area contributed by atoms with E-state index in [0.29, 0.717) is 6.10 Å². The number of ether oxygens (including phenoxy) is 2. The minimum Gasteiger partial charge on any atom is -0.376 e. The first kappa shape index (κ1) is 14.7. The van der Waals surface area contributed by atoms with E-state index in [-0.39, 0.29) is 0 Å². The molecule has 1 rings (SSSR count). The van der Waals surface area contributed by atoms with Gasteiger partial charge < -0.3 is 9.47 Å². The van der Waals surface area contributed by atoms with Crippen molar-refractivity contribution in [1.29, 1.82) is 0 Å². The fraction of sp³-hybridized carbons (Fsp3) is 0.867. The molecule has 1 aliphatic rings. The predicted molar refractivity (Wildman–Crippen MR) is 72.2 cm³/mol. The summed E-state index contributed by atoms with van der Waals surface area (Å²) >= 11 is 0. The second kappa shape index (κ2) is 8.71. The fourth-order valence-corrected chi connectivity index (χ4v) is 1.82. The summed E-state index contributed by atoms with van der Waals surface area (Å²) in [6.07, 6.45) is 9.00. The molecule has 0 aromatic carbocycles. The van der Waals surface area contributed by atoms with E-state index in [9.17, 15) is 0 Å². The van der Waals surface area contributed by atoms with E-state index < -0.39 is 0 Å². The third kappa shape index (κ3) is 6.85. The lowest BCUT2D eigenvalue weighted by Crippen LogP contribution is -2.36. The van der Waals surface area contributed by atoms with Crippen LogP contribution in [0, 0.1) is 5.92 Å². The van der Waals surface area contributed by atoms with Gasteiger partial charge in [0.1, 0.15) is 6.10 Å². The molecule has 1 fully saturated rings. The van der Waals surface area contributed by atoms with Crippen LogP contribution < -0.4 is 0 Å². The molecule has 0 aromatic rings. The third-order valence-corrected chi connectivity index (χ3v) is 3.21. The molecule has 0 spiro atoms. The van der Waals surface area contributed by atoms with Gasteiger partial charge in [-0.25, -0.2) is 0 Å². The Morgan fingerprint density at radius 1 is 1.35 bits per heavy atom. The van der Waals surface area contributed by atoms with Gasteiger partial charge in [0.15, 0.2) is 0 Å². The van der Waals surface area contributed by atoms with E-state index in [1.807, 2.05) is 0 Å². The normalized spacial score (nSPS) is 17.5. The summed E-state index contributed by atoms with van der Waals surface area (Å²) in [5.74, 6) is 0.793. The van der Waals surface area contributed by atoms with E-state index in [2.05, 4.69) is 26.8 Å². The Kier molecular flexibility index (Phi) is 7.54. The monoisotopic (exact) mass is 240 g/mol.